The zero-order chi connectivity index (χ0) is 14.8. The van der Waals surface area contributed by atoms with Crippen molar-refractivity contribution in [1.82, 2.24) is 10.2 Å². The first-order valence-electron chi connectivity index (χ1n) is 7.12. The normalized spacial score (nSPS) is 31.0. The van der Waals surface area contributed by atoms with Gasteiger partial charge in [-0.1, -0.05) is 0 Å². The lowest BCUT2D eigenvalue weighted by atomic mass is 9.84. The topological polar surface area (TPSA) is 52.6 Å². The third kappa shape index (κ3) is 2.65. The first-order chi connectivity index (χ1) is 9.42. The van der Waals surface area contributed by atoms with Crippen molar-refractivity contribution in [3.63, 3.8) is 0 Å². The second-order valence-corrected chi connectivity index (χ2v) is 5.67. The molecule has 2 aliphatic rings. The molecule has 2 N–H and O–H groups in total. The fraction of sp³-hybridized carbons (Fsp3) is 0.923. The molecule has 2 atom stereocenters. The van der Waals surface area contributed by atoms with E-state index in [0.29, 0.717) is 19.4 Å². The molecule has 0 saturated carbocycles. The lowest BCUT2D eigenvalue weighted by Gasteiger charge is -2.36. The fourth-order valence-electron chi connectivity index (χ4n) is 3.24. The number of carbonyl (C=O) groups is 1. The Bertz CT molecular complexity index is 354. The molecule has 0 radical (unpaired) electrons. The minimum absolute atomic E-state index is 0.00446. The lowest BCUT2D eigenvalue weighted by Crippen LogP contribution is -2.54. The highest BCUT2D eigenvalue weighted by atomic mass is 19.4. The zero-order valence-electron chi connectivity index (χ0n) is 11.4. The predicted molar refractivity (Wildman–Crippen MR) is 67.0 cm³/mol. The molecule has 0 bridgehead atoms. The molecule has 0 aromatic rings. The summed E-state index contributed by atoms with van der Waals surface area (Å²) >= 11 is 0. The molecule has 2 unspecified atom stereocenters. The van der Waals surface area contributed by atoms with Crippen molar-refractivity contribution in [2.45, 2.75) is 44.3 Å². The van der Waals surface area contributed by atoms with Gasteiger partial charge in [0.1, 0.15) is 0 Å². The number of nitrogens with one attached hydrogen (secondary N) is 1. The number of rotatable bonds is 4. The maximum atomic E-state index is 13.4. The molecule has 116 valence electrons. The zero-order valence-corrected chi connectivity index (χ0v) is 11.4. The first kappa shape index (κ1) is 15.6. The van der Waals surface area contributed by atoms with Gasteiger partial charge in [-0.3, -0.25) is 4.79 Å². The molecule has 2 saturated heterocycles. The Labute approximate surface area is 116 Å². The molecule has 2 aliphatic heterocycles. The fourth-order valence-corrected chi connectivity index (χ4v) is 3.24. The number of likely N-dealkylation sites (tertiary alicyclic amines) is 1. The SMILES string of the molecule is O=C(N1CCCC1CCCO)C1(C(F)(F)F)CCNC1. The quantitative estimate of drug-likeness (QED) is 0.821. The summed E-state index contributed by atoms with van der Waals surface area (Å²) < 4.78 is 40.1. The third-order valence-corrected chi connectivity index (χ3v) is 4.44. The number of alkyl halides is 3. The number of aliphatic hydroxyl groups is 1. The highest BCUT2D eigenvalue weighted by Gasteiger charge is 2.63. The highest BCUT2D eigenvalue weighted by Crippen LogP contribution is 2.45. The van der Waals surface area contributed by atoms with Crippen LogP contribution < -0.4 is 5.32 Å². The van der Waals surface area contributed by atoms with Gasteiger partial charge in [0, 0.05) is 25.7 Å². The predicted octanol–water partition coefficient (Wildman–Crippen LogP) is 1.29. The molecular formula is C13H21F3N2O2. The second kappa shape index (κ2) is 5.89. The smallest absolute Gasteiger partial charge is 0.396 e. The van der Waals surface area contributed by atoms with Gasteiger partial charge in [0.2, 0.25) is 5.91 Å². The van der Waals surface area contributed by atoms with Crippen molar-refractivity contribution in [2.24, 2.45) is 5.41 Å². The molecule has 2 fully saturated rings. The van der Waals surface area contributed by atoms with Crippen LogP contribution >= 0.6 is 0 Å². The maximum absolute atomic E-state index is 13.4. The summed E-state index contributed by atoms with van der Waals surface area (Å²) in [6.45, 7) is 0.302. The van der Waals surface area contributed by atoms with Crippen molar-refractivity contribution in [3.8, 4) is 0 Å². The highest BCUT2D eigenvalue weighted by molar-refractivity contribution is 5.85. The standard InChI is InChI=1S/C13H21F3N2O2/c14-13(15,16)12(5-6-17-9-12)11(20)18-7-1-3-10(18)4-2-8-19/h10,17,19H,1-9H2. The monoisotopic (exact) mass is 294 g/mol. The Hall–Kier alpha value is -0.820. The average Bonchev–Trinajstić information content (AvgIpc) is 3.04. The second-order valence-electron chi connectivity index (χ2n) is 5.67. The Morgan fingerprint density at radius 3 is 2.75 bits per heavy atom. The van der Waals surface area contributed by atoms with E-state index in [1.165, 1.54) is 4.90 Å². The van der Waals surface area contributed by atoms with Crippen LogP contribution in [0.1, 0.15) is 32.1 Å². The van der Waals surface area contributed by atoms with Crippen LogP contribution in [-0.4, -0.2) is 54.4 Å². The molecule has 2 rings (SSSR count). The van der Waals surface area contributed by atoms with Crippen LogP contribution in [0.2, 0.25) is 0 Å². The lowest BCUT2D eigenvalue weighted by molar-refractivity contribution is -0.222. The number of aliphatic hydroxyl groups excluding tert-OH is 1. The number of carbonyl (C=O) groups excluding carboxylic acids is 1. The minimum Gasteiger partial charge on any atom is -0.396 e. The van der Waals surface area contributed by atoms with Gasteiger partial charge in [-0.15, -0.1) is 0 Å². The summed E-state index contributed by atoms with van der Waals surface area (Å²) in [4.78, 5) is 13.9. The van der Waals surface area contributed by atoms with Crippen LogP contribution in [-0.2, 0) is 4.79 Å². The van der Waals surface area contributed by atoms with Gasteiger partial charge in [-0.05, 0) is 38.6 Å². The van der Waals surface area contributed by atoms with Crippen LogP contribution in [0.25, 0.3) is 0 Å². The molecular weight excluding hydrogens is 273 g/mol. The van der Waals surface area contributed by atoms with Crippen LogP contribution in [0.15, 0.2) is 0 Å². The number of amides is 1. The van der Waals surface area contributed by atoms with E-state index in [2.05, 4.69) is 5.32 Å². The van der Waals surface area contributed by atoms with E-state index in [-0.39, 0.29) is 32.2 Å². The molecule has 2 heterocycles. The summed E-state index contributed by atoms with van der Waals surface area (Å²) in [5.41, 5.74) is -2.26. The minimum atomic E-state index is -4.52. The summed E-state index contributed by atoms with van der Waals surface area (Å²) in [5.74, 6) is -0.782. The summed E-state index contributed by atoms with van der Waals surface area (Å²) in [5, 5.41) is 11.5. The van der Waals surface area contributed by atoms with E-state index >= 15 is 0 Å². The molecule has 0 aromatic heterocycles. The van der Waals surface area contributed by atoms with Crippen LogP contribution in [0.3, 0.4) is 0 Å². The third-order valence-electron chi connectivity index (χ3n) is 4.44. The Morgan fingerprint density at radius 2 is 2.20 bits per heavy atom. The first-order valence-corrected chi connectivity index (χ1v) is 7.12. The Kier molecular flexibility index (Phi) is 4.59. The van der Waals surface area contributed by atoms with E-state index in [1.807, 2.05) is 0 Å². The van der Waals surface area contributed by atoms with Gasteiger partial charge in [0.15, 0.2) is 5.41 Å². The van der Waals surface area contributed by atoms with E-state index in [1.54, 1.807) is 0 Å². The van der Waals surface area contributed by atoms with Crippen molar-refractivity contribution < 1.29 is 23.1 Å². The van der Waals surface area contributed by atoms with Crippen molar-refractivity contribution >= 4 is 5.91 Å². The Balaban J connectivity index is 2.15. The van der Waals surface area contributed by atoms with Crippen molar-refractivity contribution in [1.29, 1.82) is 0 Å². The van der Waals surface area contributed by atoms with Gasteiger partial charge in [-0.2, -0.15) is 13.2 Å². The largest absolute Gasteiger partial charge is 0.404 e. The number of halogens is 3. The van der Waals surface area contributed by atoms with Crippen molar-refractivity contribution in [2.75, 3.05) is 26.2 Å². The molecule has 7 heteroatoms. The molecule has 0 spiro atoms. The van der Waals surface area contributed by atoms with Gasteiger partial charge < -0.3 is 15.3 Å². The Morgan fingerprint density at radius 1 is 1.45 bits per heavy atom. The average molecular weight is 294 g/mol. The molecule has 0 aliphatic carbocycles. The summed E-state index contributed by atoms with van der Waals surface area (Å²) in [6, 6.07) is -0.158. The van der Waals surface area contributed by atoms with Gasteiger partial charge in [0.25, 0.3) is 0 Å². The van der Waals surface area contributed by atoms with Crippen LogP contribution in [0.4, 0.5) is 13.2 Å². The van der Waals surface area contributed by atoms with Gasteiger partial charge in [-0.25, -0.2) is 0 Å². The number of hydrogen-bond donors (Lipinski definition) is 2. The number of nitrogens with zero attached hydrogens (tertiary/aromatic N) is 1. The molecule has 4 nitrogen and oxygen atoms in total. The van der Waals surface area contributed by atoms with Crippen LogP contribution in [0.5, 0.6) is 0 Å². The van der Waals surface area contributed by atoms with E-state index in [4.69, 9.17) is 5.11 Å². The molecule has 0 aromatic carbocycles. The van der Waals surface area contributed by atoms with E-state index in [0.717, 1.165) is 12.8 Å². The van der Waals surface area contributed by atoms with E-state index in [9.17, 15) is 18.0 Å². The van der Waals surface area contributed by atoms with E-state index < -0.39 is 17.5 Å². The number of hydrogen-bond acceptors (Lipinski definition) is 3. The van der Waals surface area contributed by atoms with Crippen molar-refractivity contribution in [3.05, 3.63) is 0 Å². The summed E-state index contributed by atoms with van der Waals surface area (Å²) in [6.07, 6.45) is -2.14. The summed E-state index contributed by atoms with van der Waals surface area (Å²) in [7, 11) is 0. The van der Waals surface area contributed by atoms with Crippen LogP contribution in [0, 0.1) is 5.41 Å². The molecule has 20 heavy (non-hydrogen) atoms. The van der Waals surface area contributed by atoms with Gasteiger partial charge >= 0.3 is 6.18 Å². The maximum Gasteiger partial charge on any atom is 0.404 e. The van der Waals surface area contributed by atoms with Gasteiger partial charge in [0.05, 0.1) is 0 Å². The molecule has 1 amide bonds.